The zero-order chi connectivity index (χ0) is 15.0. The van der Waals surface area contributed by atoms with Crippen molar-refractivity contribution in [2.24, 2.45) is 10.7 Å². The number of rotatable bonds is 2. The molecule has 3 heterocycles. The van der Waals surface area contributed by atoms with Gasteiger partial charge < -0.3 is 5.73 Å². The standard InChI is InChI=1S/C15H16N4OS/c1-15(8-13(20)19(2)14(16)18-15)12-6-5-10(9-17-12)11-4-3-7-21-11/h3-7,9H,8H2,1-2H3,(H2,16,18)/t15-/m1/s1. The molecule has 0 fully saturated rings. The van der Waals surface area contributed by atoms with E-state index in [9.17, 15) is 4.79 Å². The Morgan fingerprint density at radius 3 is 2.76 bits per heavy atom. The Labute approximate surface area is 127 Å². The van der Waals surface area contributed by atoms with Crippen molar-refractivity contribution in [1.29, 1.82) is 0 Å². The highest BCUT2D eigenvalue weighted by Gasteiger charge is 2.37. The Bertz CT molecular complexity index is 693. The third-order valence-corrected chi connectivity index (χ3v) is 4.61. The highest BCUT2D eigenvalue weighted by atomic mass is 32.1. The molecule has 5 nitrogen and oxygen atoms in total. The Kier molecular flexibility index (Phi) is 3.25. The summed E-state index contributed by atoms with van der Waals surface area (Å²) in [6.07, 6.45) is 2.09. The molecule has 1 aliphatic heterocycles. The largest absolute Gasteiger partial charge is 0.369 e. The Morgan fingerprint density at radius 2 is 2.19 bits per heavy atom. The van der Waals surface area contributed by atoms with Gasteiger partial charge in [-0.05, 0) is 24.4 Å². The molecule has 2 N–H and O–H groups in total. The summed E-state index contributed by atoms with van der Waals surface area (Å²) in [4.78, 5) is 23.5. The molecule has 0 radical (unpaired) electrons. The second kappa shape index (κ2) is 4.96. The maximum atomic E-state index is 12.0. The smallest absolute Gasteiger partial charge is 0.231 e. The van der Waals surface area contributed by atoms with Crippen LogP contribution in [0.4, 0.5) is 0 Å². The number of nitrogens with two attached hydrogens (primary N) is 1. The number of aromatic nitrogens is 1. The number of aliphatic imine (C=N–C) groups is 1. The molecule has 0 bridgehead atoms. The van der Waals surface area contributed by atoms with Crippen LogP contribution in [0.15, 0.2) is 40.8 Å². The summed E-state index contributed by atoms with van der Waals surface area (Å²) in [5.41, 5.74) is 6.95. The zero-order valence-electron chi connectivity index (χ0n) is 11.9. The fourth-order valence-corrected chi connectivity index (χ4v) is 3.07. The number of amides is 1. The van der Waals surface area contributed by atoms with Crippen LogP contribution in [0.2, 0.25) is 0 Å². The van der Waals surface area contributed by atoms with Crippen molar-refractivity contribution in [3.05, 3.63) is 41.5 Å². The first-order valence-corrected chi connectivity index (χ1v) is 7.50. The van der Waals surface area contributed by atoms with Gasteiger partial charge in [0, 0.05) is 23.7 Å². The van der Waals surface area contributed by atoms with E-state index in [1.54, 1.807) is 18.4 Å². The molecular formula is C15H16N4OS. The molecule has 0 saturated carbocycles. The van der Waals surface area contributed by atoms with E-state index in [-0.39, 0.29) is 18.3 Å². The van der Waals surface area contributed by atoms with E-state index in [2.05, 4.69) is 16.0 Å². The summed E-state index contributed by atoms with van der Waals surface area (Å²) in [7, 11) is 1.63. The van der Waals surface area contributed by atoms with Crippen LogP contribution in [0.3, 0.4) is 0 Å². The quantitative estimate of drug-likeness (QED) is 0.924. The summed E-state index contributed by atoms with van der Waals surface area (Å²) in [5, 5.41) is 2.03. The molecule has 2 aromatic rings. The van der Waals surface area contributed by atoms with Crippen molar-refractivity contribution in [3.8, 4) is 10.4 Å². The van der Waals surface area contributed by atoms with Gasteiger partial charge in [-0.15, -0.1) is 11.3 Å². The van der Waals surface area contributed by atoms with E-state index < -0.39 is 5.54 Å². The minimum Gasteiger partial charge on any atom is -0.369 e. The SMILES string of the molecule is CN1C(=O)C[C@](C)(c2ccc(-c3cccs3)cn2)N=C1N. The first kappa shape index (κ1) is 13.8. The van der Waals surface area contributed by atoms with Crippen LogP contribution in [0.25, 0.3) is 10.4 Å². The normalized spacial score (nSPS) is 22.3. The van der Waals surface area contributed by atoms with Crippen LogP contribution in [0.5, 0.6) is 0 Å². The molecule has 2 aromatic heterocycles. The van der Waals surface area contributed by atoms with Crippen LogP contribution < -0.4 is 5.73 Å². The number of nitrogens with zero attached hydrogens (tertiary/aromatic N) is 3. The lowest BCUT2D eigenvalue weighted by Crippen LogP contribution is -2.47. The van der Waals surface area contributed by atoms with E-state index in [4.69, 9.17) is 5.73 Å². The zero-order valence-corrected chi connectivity index (χ0v) is 12.7. The third kappa shape index (κ3) is 2.42. The highest BCUT2D eigenvalue weighted by molar-refractivity contribution is 7.13. The molecule has 1 amide bonds. The fraction of sp³-hybridized carbons (Fsp3) is 0.267. The molecule has 1 atom stereocenters. The van der Waals surface area contributed by atoms with Crippen LogP contribution in [-0.2, 0) is 10.3 Å². The Balaban J connectivity index is 1.95. The number of carbonyl (C=O) groups is 1. The fourth-order valence-electron chi connectivity index (χ4n) is 2.36. The number of guanidine groups is 1. The molecule has 21 heavy (non-hydrogen) atoms. The van der Waals surface area contributed by atoms with Crippen LogP contribution in [0, 0.1) is 0 Å². The van der Waals surface area contributed by atoms with E-state index in [1.165, 1.54) is 9.78 Å². The van der Waals surface area contributed by atoms with Gasteiger partial charge >= 0.3 is 0 Å². The number of hydrogen-bond acceptors (Lipinski definition) is 5. The molecule has 6 heteroatoms. The van der Waals surface area contributed by atoms with Crippen molar-refractivity contribution >= 4 is 23.2 Å². The van der Waals surface area contributed by atoms with Crippen molar-refractivity contribution in [2.45, 2.75) is 18.9 Å². The van der Waals surface area contributed by atoms with Gasteiger partial charge in [0.05, 0.1) is 12.1 Å². The monoisotopic (exact) mass is 300 g/mol. The van der Waals surface area contributed by atoms with E-state index >= 15 is 0 Å². The predicted molar refractivity (Wildman–Crippen MR) is 83.9 cm³/mol. The van der Waals surface area contributed by atoms with E-state index in [0.29, 0.717) is 0 Å². The van der Waals surface area contributed by atoms with Crippen LogP contribution >= 0.6 is 11.3 Å². The number of carbonyl (C=O) groups excluding carboxylic acids is 1. The van der Waals surface area contributed by atoms with Gasteiger partial charge in [-0.3, -0.25) is 14.7 Å². The summed E-state index contributed by atoms with van der Waals surface area (Å²) in [6, 6.07) is 7.99. The topological polar surface area (TPSA) is 71.6 Å². The lowest BCUT2D eigenvalue weighted by Gasteiger charge is -2.32. The van der Waals surface area contributed by atoms with Crippen molar-refractivity contribution in [3.63, 3.8) is 0 Å². The van der Waals surface area contributed by atoms with E-state index in [0.717, 1.165) is 11.3 Å². The average Bonchev–Trinajstić information content (AvgIpc) is 2.99. The van der Waals surface area contributed by atoms with E-state index in [1.807, 2.05) is 36.7 Å². The number of pyridine rings is 1. The van der Waals surface area contributed by atoms with Crippen LogP contribution in [0.1, 0.15) is 19.0 Å². The molecule has 0 unspecified atom stereocenters. The molecule has 0 spiro atoms. The second-order valence-electron chi connectivity index (χ2n) is 5.28. The average molecular weight is 300 g/mol. The first-order valence-electron chi connectivity index (χ1n) is 6.62. The summed E-state index contributed by atoms with van der Waals surface area (Å²) >= 11 is 1.67. The first-order chi connectivity index (χ1) is 9.99. The Hall–Kier alpha value is -2.21. The number of hydrogen-bond donors (Lipinski definition) is 1. The Morgan fingerprint density at radius 1 is 1.38 bits per heavy atom. The summed E-state index contributed by atoms with van der Waals surface area (Å²) < 4.78 is 0. The minimum absolute atomic E-state index is 0.0471. The van der Waals surface area contributed by atoms with Crippen LogP contribution in [-0.4, -0.2) is 28.8 Å². The lowest BCUT2D eigenvalue weighted by atomic mass is 9.91. The van der Waals surface area contributed by atoms with Gasteiger partial charge in [-0.2, -0.15) is 0 Å². The van der Waals surface area contributed by atoms with Crippen molar-refractivity contribution in [1.82, 2.24) is 9.88 Å². The van der Waals surface area contributed by atoms with Gasteiger partial charge in [0.15, 0.2) is 5.96 Å². The van der Waals surface area contributed by atoms with Gasteiger partial charge in [0.25, 0.3) is 0 Å². The van der Waals surface area contributed by atoms with Gasteiger partial charge in [-0.1, -0.05) is 12.1 Å². The second-order valence-corrected chi connectivity index (χ2v) is 6.23. The van der Waals surface area contributed by atoms with Crippen molar-refractivity contribution in [2.75, 3.05) is 7.05 Å². The van der Waals surface area contributed by atoms with Gasteiger partial charge in [-0.25, -0.2) is 4.99 Å². The molecule has 0 aliphatic carbocycles. The maximum absolute atomic E-state index is 12.0. The molecule has 3 rings (SSSR count). The molecule has 108 valence electrons. The minimum atomic E-state index is -0.693. The number of thiophene rings is 1. The summed E-state index contributed by atoms with van der Waals surface area (Å²) in [6.45, 7) is 1.89. The van der Waals surface area contributed by atoms with Gasteiger partial charge in [0.1, 0.15) is 5.54 Å². The summed E-state index contributed by atoms with van der Waals surface area (Å²) in [5.74, 6) is 0.187. The van der Waals surface area contributed by atoms with Gasteiger partial charge in [0.2, 0.25) is 5.91 Å². The molecular weight excluding hydrogens is 284 g/mol. The maximum Gasteiger partial charge on any atom is 0.231 e. The lowest BCUT2D eigenvalue weighted by molar-refractivity contribution is -0.128. The molecule has 0 saturated heterocycles. The molecule has 1 aliphatic rings. The predicted octanol–water partition coefficient (Wildman–Crippen LogP) is 2.20. The highest BCUT2D eigenvalue weighted by Crippen LogP contribution is 2.33. The molecule has 0 aromatic carbocycles. The third-order valence-electron chi connectivity index (χ3n) is 3.70. The van der Waals surface area contributed by atoms with Crippen molar-refractivity contribution < 1.29 is 4.79 Å².